The van der Waals surface area contributed by atoms with Gasteiger partial charge in [0.1, 0.15) is 35.4 Å². The standard InChI is InChI=1S/C18H18N4O2/c1-2-7-24-18(23)6-4-14-8-13(15(9-19)10-20)3-5-17(14)16(11-21)12-22/h14H,2-8H2,1H3. The summed E-state index contributed by atoms with van der Waals surface area (Å²) in [6.45, 7) is 2.27. The Labute approximate surface area is 141 Å². The third-order valence-electron chi connectivity index (χ3n) is 3.97. The molecule has 1 fully saturated rings. The molecular weight excluding hydrogens is 304 g/mol. The van der Waals surface area contributed by atoms with Gasteiger partial charge >= 0.3 is 5.97 Å². The van der Waals surface area contributed by atoms with Crippen molar-refractivity contribution in [3.63, 3.8) is 0 Å². The molecule has 0 N–H and O–H groups in total. The monoisotopic (exact) mass is 322 g/mol. The lowest BCUT2D eigenvalue weighted by Crippen LogP contribution is -2.17. The van der Waals surface area contributed by atoms with Crippen LogP contribution in [0.3, 0.4) is 0 Å². The number of nitrogens with zero attached hydrogens (tertiary/aromatic N) is 4. The molecule has 0 aromatic carbocycles. The van der Waals surface area contributed by atoms with Crippen molar-refractivity contribution in [1.82, 2.24) is 0 Å². The van der Waals surface area contributed by atoms with Crippen molar-refractivity contribution < 1.29 is 9.53 Å². The molecule has 0 heterocycles. The molecule has 1 saturated carbocycles. The Bertz CT molecular complexity index is 688. The van der Waals surface area contributed by atoms with Crippen molar-refractivity contribution in [2.24, 2.45) is 5.92 Å². The molecule has 1 atom stereocenters. The molecule has 0 radical (unpaired) electrons. The van der Waals surface area contributed by atoms with E-state index in [1.54, 1.807) is 0 Å². The summed E-state index contributed by atoms with van der Waals surface area (Å²) in [4.78, 5) is 11.7. The summed E-state index contributed by atoms with van der Waals surface area (Å²) < 4.78 is 5.05. The van der Waals surface area contributed by atoms with E-state index in [4.69, 9.17) is 25.8 Å². The number of rotatable bonds is 5. The van der Waals surface area contributed by atoms with E-state index in [1.165, 1.54) is 0 Å². The second-order valence-electron chi connectivity index (χ2n) is 5.49. The molecule has 6 heteroatoms. The molecule has 122 valence electrons. The lowest BCUT2D eigenvalue weighted by Gasteiger charge is -2.27. The van der Waals surface area contributed by atoms with Gasteiger partial charge in [-0.3, -0.25) is 4.79 Å². The quantitative estimate of drug-likeness (QED) is 0.566. The van der Waals surface area contributed by atoms with E-state index >= 15 is 0 Å². The van der Waals surface area contributed by atoms with Crippen LogP contribution in [0.4, 0.5) is 0 Å². The molecular formula is C18H18N4O2. The zero-order valence-electron chi connectivity index (χ0n) is 13.6. The van der Waals surface area contributed by atoms with Gasteiger partial charge in [0.25, 0.3) is 0 Å². The summed E-state index contributed by atoms with van der Waals surface area (Å²) >= 11 is 0. The van der Waals surface area contributed by atoms with E-state index in [0.717, 1.165) is 12.0 Å². The third-order valence-corrected chi connectivity index (χ3v) is 3.97. The maximum atomic E-state index is 11.7. The molecule has 0 aromatic rings. The summed E-state index contributed by atoms with van der Waals surface area (Å²) in [5.74, 6) is -0.516. The van der Waals surface area contributed by atoms with Crippen LogP contribution in [0.2, 0.25) is 0 Å². The highest BCUT2D eigenvalue weighted by atomic mass is 16.5. The van der Waals surface area contributed by atoms with E-state index in [9.17, 15) is 4.79 Å². The highest BCUT2D eigenvalue weighted by molar-refractivity contribution is 5.69. The lowest BCUT2D eigenvalue weighted by atomic mass is 9.76. The predicted molar refractivity (Wildman–Crippen MR) is 84.3 cm³/mol. The van der Waals surface area contributed by atoms with Crippen LogP contribution in [0.25, 0.3) is 0 Å². The van der Waals surface area contributed by atoms with Gasteiger partial charge < -0.3 is 4.74 Å². The molecule has 24 heavy (non-hydrogen) atoms. The van der Waals surface area contributed by atoms with Crippen LogP contribution in [0, 0.1) is 51.2 Å². The van der Waals surface area contributed by atoms with Gasteiger partial charge in [-0.2, -0.15) is 21.0 Å². The average molecular weight is 322 g/mol. The minimum atomic E-state index is -0.316. The molecule has 1 aliphatic carbocycles. The number of ether oxygens (including phenoxy) is 1. The minimum Gasteiger partial charge on any atom is -0.466 e. The molecule has 0 spiro atoms. The first-order valence-electron chi connectivity index (χ1n) is 7.82. The van der Waals surface area contributed by atoms with Gasteiger partial charge in [-0.15, -0.1) is 0 Å². The van der Waals surface area contributed by atoms with E-state index in [0.29, 0.717) is 37.9 Å². The van der Waals surface area contributed by atoms with Gasteiger partial charge in [-0.1, -0.05) is 6.92 Å². The van der Waals surface area contributed by atoms with Crippen LogP contribution in [-0.2, 0) is 9.53 Å². The number of esters is 1. The first-order valence-corrected chi connectivity index (χ1v) is 7.82. The smallest absolute Gasteiger partial charge is 0.305 e. The lowest BCUT2D eigenvalue weighted by molar-refractivity contribution is -0.143. The van der Waals surface area contributed by atoms with Crippen LogP contribution < -0.4 is 0 Å². The Morgan fingerprint density at radius 3 is 2.25 bits per heavy atom. The van der Waals surface area contributed by atoms with Crippen molar-refractivity contribution in [3.8, 4) is 24.3 Å². The Morgan fingerprint density at radius 1 is 1.08 bits per heavy atom. The average Bonchev–Trinajstić information content (AvgIpc) is 2.61. The van der Waals surface area contributed by atoms with Crippen molar-refractivity contribution in [2.45, 2.75) is 45.4 Å². The number of carbonyl (C=O) groups excluding carboxylic acids is 1. The number of hydrogen-bond acceptors (Lipinski definition) is 6. The second-order valence-corrected chi connectivity index (χ2v) is 5.49. The molecule has 0 amide bonds. The van der Waals surface area contributed by atoms with Crippen molar-refractivity contribution in [2.75, 3.05) is 6.61 Å². The number of allylic oxidation sites excluding steroid dienone is 4. The fraction of sp³-hybridized carbons (Fsp3) is 0.500. The Balaban J connectivity index is 3.00. The molecule has 1 unspecified atom stereocenters. The van der Waals surface area contributed by atoms with Gasteiger partial charge in [-0.25, -0.2) is 0 Å². The molecule has 0 bridgehead atoms. The Morgan fingerprint density at radius 2 is 1.71 bits per heavy atom. The first-order chi connectivity index (χ1) is 11.6. The molecule has 1 aliphatic rings. The molecule has 1 rings (SSSR count). The number of carbonyl (C=O) groups is 1. The maximum Gasteiger partial charge on any atom is 0.305 e. The Kier molecular flexibility index (Phi) is 7.77. The number of hydrogen-bond donors (Lipinski definition) is 0. The van der Waals surface area contributed by atoms with Crippen LogP contribution in [0.15, 0.2) is 22.3 Å². The van der Waals surface area contributed by atoms with E-state index in [1.807, 2.05) is 31.2 Å². The maximum absolute atomic E-state index is 11.7. The molecule has 0 saturated heterocycles. The van der Waals surface area contributed by atoms with Gasteiger partial charge in [0.05, 0.1) is 6.61 Å². The molecule has 0 aromatic heterocycles. The number of nitriles is 4. The largest absolute Gasteiger partial charge is 0.466 e. The summed E-state index contributed by atoms with van der Waals surface area (Å²) in [5, 5.41) is 36.3. The normalized spacial score (nSPS) is 16.1. The van der Waals surface area contributed by atoms with Crippen molar-refractivity contribution in [1.29, 1.82) is 21.0 Å². The third kappa shape index (κ3) is 4.98. The summed E-state index contributed by atoms with van der Waals surface area (Å²) in [6.07, 6.45) is 2.70. The fourth-order valence-corrected chi connectivity index (χ4v) is 2.78. The topological polar surface area (TPSA) is 121 Å². The Hall–Kier alpha value is -3.09. The highest BCUT2D eigenvalue weighted by Gasteiger charge is 2.27. The van der Waals surface area contributed by atoms with Crippen LogP contribution in [-0.4, -0.2) is 12.6 Å². The van der Waals surface area contributed by atoms with E-state index in [-0.39, 0.29) is 29.5 Å². The highest BCUT2D eigenvalue weighted by Crippen LogP contribution is 2.38. The van der Waals surface area contributed by atoms with E-state index < -0.39 is 0 Å². The molecule has 0 aliphatic heterocycles. The second kappa shape index (κ2) is 9.83. The summed E-state index contributed by atoms with van der Waals surface area (Å²) in [7, 11) is 0. The fourth-order valence-electron chi connectivity index (χ4n) is 2.78. The zero-order valence-corrected chi connectivity index (χ0v) is 13.6. The van der Waals surface area contributed by atoms with Gasteiger partial charge in [-0.05, 0) is 49.2 Å². The van der Waals surface area contributed by atoms with Crippen LogP contribution in [0.1, 0.15) is 45.4 Å². The van der Waals surface area contributed by atoms with Gasteiger partial charge in [0, 0.05) is 6.42 Å². The van der Waals surface area contributed by atoms with Crippen molar-refractivity contribution >= 4 is 5.97 Å². The van der Waals surface area contributed by atoms with Gasteiger partial charge in [0.2, 0.25) is 0 Å². The zero-order chi connectivity index (χ0) is 17.9. The minimum absolute atomic E-state index is 0.0661. The SMILES string of the molecule is CCCOC(=O)CCC1CC(=C(C#N)C#N)CCC1=C(C#N)C#N. The van der Waals surface area contributed by atoms with Gasteiger partial charge in [0.15, 0.2) is 0 Å². The van der Waals surface area contributed by atoms with Crippen LogP contribution in [0.5, 0.6) is 0 Å². The predicted octanol–water partition coefficient (Wildman–Crippen LogP) is 3.21. The molecule has 6 nitrogen and oxygen atoms in total. The first kappa shape index (κ1) is 19.0. The summed E-state index contributed by atoms with van der Waals surface area (Å²) in [5.41, 5.74) is 1.59. The van der Waals surface area contributed by atoms with Crippen LogP contribution >= 0.6 is 0 Å². The summed E-state index contributed by atoms with van der Waals surface area (Å²) in [6, 6.07) is 7.58. The van der Waals surface area contributed by atoms with E-state index in [2.05, 4.69) is 0 Å². The van der Waals surface area contributed by atoms with Crippen molar-refractivity contribution in [3.05, 3.63) is 22.3 Å².